The maximum Gasteiger partial charge on any atom is 0.329 e. The number of nitriles is 1. The predicted octanol–water partition coefficient (Wildman–Crippen LogP) is 4.73. The van der Waals surface area contributed by atoms with Gasteiger partial charge in [-0.1, -0.05) is 6.92 Å². The third-order valence-corrected chi connectivity index (χ3v) is 15.1. The average molecular weight is 978 g/mol. The van der Waals surface area contributed by atoms with Crippen LogP contribution in [-0.2, 0) is 31.6 Å². The molecule has 1 spiro atoms. The summed E-state index contributed by atoms with van der Waals surface area (Å²) in [4.78, 5) is 60.3. The first-order valence-corrected chi connectivity index (χ1v) is 23.7. The minimum absolute atomic E-state index is 0.0110. The zero-order chi connectivity index (χ0) is 49.2. The Bertz CT molecular complexity index is 3140. The van der Waals surface area contributed by atoms with E-state index in [0.717, 1.165) is 22.5 Å². The minimum Gasteiger partial charge on any atom is -0.453 e. The van der Waals surface area contributed by atoms with Crippen molar-refractivity contribution in [2.45, 2.75) is 62.5 Å². The zero-order valence-corrected chi connectivity index (χ0v) is 38.5. The first kappa shape index (κ1) is 47.4. The summed E-state index contributed by atoms with van der Waals surface area (Å²) < 4.78 is 106. The Hall–Kier alpha value is -6.68. The van der Waals surface area contributed by atoms with Gasteiger partial charge in [0.25, 0.3) is 11.5 Å². The van der Waals surface area contributed by atoms with Gasteiger partial charge in [-0.05, 0) is 80.3 Å². The fraction of sp³-hybridized carbons (Fsp3) is 0.444. The molecule has 6 heterocycles. The van der Waals surface area contributed by atoms with E-state index in [1.165, 1.54) is 56.7 Å². The molecular formula is C45H47F4N11O8S. The molecule has 69 heavy (non-hydrogen) atoms. The van der Waals surface area contributed by atoms with Crippen LogP contribution < -0.4 is 25.2 Å². The van der Waals surface area contributed by atoms with Crippen molar-refractivity contribution in [1.29, 1.82) is 5.26 Å². The van der Waals surface area contributed by atoms with E-state index in [1.54, 1.807) is 24.9 Å². The van der Waals surface area contributed by atoms with Crippen LogP contribution in [0.25, 0.3) is 21.8 Å². The molecule has 5 aromatic rings. The van der Waals surface area contributed by atoms with Crippen molar-refractivity contribution in [2.75, 3.05) is 69.1 Å². The highest BCUT2D eigenvalue weighted by Crippen LogP contribution is 2.44. The van der Waals surface area contributed by atoms with E-state index in [4.69, 9.17) is 9.47 Å². The molecule has 2 atom stereocenters. The number of rotatable bonds is 11. The molecule has 3 aromatic carbocycles. The summed E-state index contributed by atoms with van der Waals surface area (Å²) in [6, 6.07) is 9.43. The van der Waals surface area contributed by atoms with Crippen LogP contribution in [0, 0.1) is 23.0 Å². The average Bonchev–Trinajstić information content (AvgIpc) is 3.86. The van der Waals surface area contributed by atoms with Gasteiger partial charge in [-0.3, -0.25) is 43.5 Å². The zero-order valence-electron chi connectivity index (χ0n) is 37.7. The minimum atomic E-state index is -4.06. The highest BCUT2D eigenvalue weighted by atomic mass is 32.2. The number of fused-ring (bicyclic) bond motifs is 2. The lowest BCUT2D eigenvalue weighted by molar-refractivity contribution is -0.140. The number of hydrogen-bond donors (Lipinski definition) is 2. The van der Waals surface area contributed by atoms with E-state index < -0.39 is 80.7 Å². The molecule has 0 saturated carbocycles. The number of carbonyl (C=O) groups excluding carboxylic acids is 3. The lowest BCUT2D eigenvalue weighted by Crippen LogP contribution is -2.53. The summed E-state index contributed by atoms with van der Waals surface area (Å²) in [5.74, 6) is -7.93. The first-order chi connectivity index (χ1) is 32.8. The molecule has 4 amide bonds. The van der Waals surface area contributed by atoms with Crippen molar-refractivity contribution in [1.82, 2.24) is 38.8 Å². The Morgan fingerprint density at radius 1 is 1.06 bits per heavy atom. The number of nitrogens with one attached hydrogen (secondary N) is 2. The van der Waals surface area contributed by atoms with Crippen LogP contribution in [0.5, 0.6) is 11.5 Å². The summed E-state index contributed by atoms with van der Waals surface area (Å²) in [6.45, 7) is 1.60. The lowest BCUT2D eigenvalue weighted by atomic mass is 9.85. The van der Waals surface area contributed by atoms with E-state index in [-0.39, 0.29) is 98.2 Å². The van der Waals surface area contributed by atoms with Crippen molar-refractivity contribution in [2.24, 2.45) is 7.05 Å². The molecule has 0 aliphatic carbocycles. The molecule has 4 fully saturated rings. The third kappa shape index (κ3) is 8.94. The van der Waals surface area contributed by atoms with Crippen LogP contribution >= 0.6 is 0 Å². The summed E-state index contributed by atoms with van der Waals surface area (Å²) in [5.41, 5.74) is -1.27. The summed E-state index contributed by atoms with van der Waals surface area (Å²) in [5, 5.41) is 16.8. The number of halogens is 4. The van der Waals surface area contributed by atoms with Gasteiger partial charge >= 0.3 is 16.2 Å². The fourth-order valence-electron chi connectivity index (χ4n) is 9.63. The number of aryl methyl sites for hydroxylation is 1. The number of imide groups is 1. The normalized spacial score (nSPS) is 20.7. The highest BCUT2D eigenvalue weighted by Gasteiger charge is 2.48. The third-order valence-electron chi connectivity index (χ3n) is 13.6. The Morgan fingerprint density at radius 3 is 2.54 bits per heavy atom. The van der Waals surface area contributed by atoms with Gasteiger partial charge < -0.3 is 14.4 Å². The van der Waals surface area contributed by atoms with Gasteiger partial charge in [0.2, 0.25) is 11.8 Å². The number of likely N-dealkylation sites (tertiary alicyclic amines) is 2. The van der Waals surface area contributed by atoms with E-state index in [2.05, 4.69) is 20.1 Å². The van der Waals surface area contributed by atoms with Crippen LogP contribution in [0.3, 0.4) is 0 Å². The van der Waals surface area contributed by atoms with Crippen LogP contribution in [-0.4, -0.2) is 131 Å². The molecule has 4 aliphatic heterocycles. The predicted molar refractivity (Wildman–Crippen MR) is 241 cm³/mol. The van der Waals surface area contributed by atoms with E-state index in [0.29, 0.717) is 30.3 Å². The van der Waals surface area contributed by atoms with Gasteiger partial charge in [-0.25, -0.2) is 27.3 Å². The maximum atomic E-state index is 15.9. The van der Waals surface area contributed by atoms with Crippen molar-refractivity contribution < 1.29 is 49.8 Å². The number of nitrogens with zero attached hydrogens (tertiary/aromatic N) is 9. The molecule has 0 radical (unpaired) electrons. The van der Waals surface area contributed by atoms with Crippen LogP contribution in [0.1, 0.15) is 62.1 Å². The summed E-state index contributed by atoms with van der Waals surface area (Å²) >= 11 is 0. The van der Waals surface area contributed by atoms with Gasteiger partial charge in [0, 0.05) is 52.1 Å². The Kier molecular flexibility index (Phi) is 12.4. The van der Waals surface area contributed by atoms with Gasteiger partial charge in [-0.2, -0.15) is 23.1 Å². The topological polar surface area (TPSA) is 217 Å². The molecule has 364 valence electrons. The number of anilines is 2. The van der Waals surface area contributed by atoms with E-state index in [9.17, 15) is 32.9 Å². The lowest BCUT2D eigenvalue weighted by Gasteiger charge is -2.41. The number of piperidine rings is 2. The number of hydrogen-bond acceptors (Lipinski definition) is 12. The number of aromatic nitrogens is 4. The molecule has 9 rings (SSSR count). The molecule has 0 bridgehead atoms. The van der Waals surface area contributed by atoms with Crippen molar-refractivity contribution in [3.05, 3.63) is 81.9 Å². The first-order valence-electron chi connectivity index (χ1n) is 22.2. The second-order valence-corrected chi connectivity index (χ2v) is 19.6. The Morgan fingerprint density at radius 2 is 1.83 bits per heavy atom. The molecule has 2 aromatic heterocycles. The Balaban J connectivity index is 0.821. The van der Waals surface area contributed by atoms with E-state index in [1.807, 2.05) is 0 Å². The van der Waals surface area contributed by atoms with Crippen LogP contribution in [0.4, 0.5) is 33.9 Å². The fourth-order valence-corrected chi connectivity index (χ4v) is 10.6. The van der Waals surface area contributed by atoms with Gasteiger partial charge in [-0.15, -0.1) is 0 Å². The number of amides is 4. The summed E-state index contributed by atoms with van der Waals surface area (Å²) in [6.07, 6.45) is 2.58. The van der Waals surface area contributed by atoms with E-state index >= 15 is 17.6 Å². The molecule has 0 unspecified atom stereocenters. The molecule has 24 heteroatoms. The Labute approximate surface area is 392 Å². The monoisotopic (exact) mass is 977 g/mol. The second kappa shape index (κ2) is 18.0. The van der Waals surface area contributed by atoms with Crippen LogP contribution in [0.2, 0.25) is 0 Å². The highest BCUT2D eigenvalue weighted by molar-refractivity contribution is 7.90. The van der Waals surface area contributed by atoms with Gasteiger partial charge in [0.05, 0.1) is 65.7 Å². The number of benzene rings is 3. The number of alkyl halides is 2. The van der Waals surface area contributed by atoms with Crippen LogP contribution in [0.15, 0.2) is 53.6 Å². The molecular weight excluding hydrogens is 931 g/mol. The number of urea groups is 1. The van der Waals surface area contributed by atoms with Crippen molar-refractivity contribution >= 4 is 61.4 Å². The van der Waals surface area contributed by atoms with Gasteiger partial charge in [0.1, 0.15) is 23.2 Å². The van der Waals surface area contributed by atoms with Crippen molar-refractivity contribution in [3.8, 4) is 17.6 Å². The smallest absolute Gasteiger partial charge is 0.329 e. The van der Waals surface area contributed by atoms with Crippen molar-refractivity contribution in [3.63, 3.8) is 0 Å². The molecule has 4 aliphatic rings. The quantitative estimate of drug-likeness (QED) is 0.172. The standard InChI is InChI=1S/C45H47F4N11O8S/c1-4-55(2)69(65,66)54-36-8-6-33(46)40(31(36)21-50)68-27-5-7-35-29(17-27)42(63)60(25-51-35)26-20-44(67-23-26)11-15-58(16-12-44)39(62)22-57-13-9-32(45(48,49)24-57)28-19-37-30(18-34(28)47)41(53-56(37)3)59-14-10-38(61)52-43(59)64/h5-8,17-19,25-26,32,54H,4,9-16,20,22-24H2,1-3H3,(H,52,61,64)/t26-,32+/m1/s1. The van der Waals surface area contributed by atoms with Gasteiger partial charge in [0.15, 0.2) is 17.4 Å². The maximum absolute atomic E-state index is 15.9. The number of ether oxygens (including phenoxy) is 2. The summed E-state index contributed by atoms with van der Waals surface area (Å²) in [7, 11) is -1.18. The second-order valence-electron chi connectivity index (χ2n) is 17.8. The molecule has 19 nitrogen and oxygen atoms in total. The molecule has 4 saturated heterocycles. The SMILES string of the molecule is CCN(C)S(=O)(=O)Nc1ccc(F)c(Oc2ccc3ncn([C@H]4COC5(CCN(C(=O)CN6CC[C@@H](c7cc8c(cc7F)c(N7CCC(=O)NC7=O)nn8C)C(F)(F)C6)CC5)C4)c(=O)c3c2)c1C#N. The molecule has 2 N–H and O–H groups in total. The largest absolute Gasteiger partial charge is 0.453 e. The number of carbonyl (C=O) groups is 3.